The van der Waals surface area contributed by atoms with Crippen molar-refractivity contribution in [3.8, 4) is 0 Å². The summed E-state index contributed by atoms with van der Waals surface area (Å²) in [5.74, 6) is 4.05. The molecule has 1 saturated heterocycles. The molecule has 1 fully saturated rings. The summed E-state index contributed by atoms with van der Waals surface area (Å²) in [6.07, 6.45) is 2.39. The molecular weight excluding hydrogens is 352 g/mol. The number of hydrogen-bond donors (Lipinski definition) is 2. The monoisotopic (exact) mass is 380 g/mol. The zero-order valence-corrected chi connectivity index (χ0v) is 16.7. The van der Waals surface area contributed by atoms with Gasteiger partial charge in [-0.05, 0) is 30.7 Å². The van der Waals surface area contributed by atoms with Gasteiger partial charge in [0, 0.05) is 43.1 Å². The fourth-order valence-electron chi connectivity index (χ4n) is 2.34. The van der Waals surface area contributed by atoms with E-state index in [0.717, 1.165) is 30.4 Å². The first-order valence-electron chi connectivity index (χ1n) is 8.66. The number of guanidine groups is 1. The molecule has 7 heteroatoms. The molecule has 2 rings (SSSR count). The molecule has 2 N–H and O–H groups in total. The van der Waals surface area contributed by atoms with Gasteiger partial charge in [0.05, 0.1) is 0 Å². The summed E-state index contributed by atoms with van der Waals surface area (Å²) in [6.45, 7) is 0.982. The molecular formula is C18H28N4OS2. The molecule has 138 valence electrons. The SMILES string of the molecule is CN(C)C(=O)CN=C(NCCSc1ccccc1)NC1CCCSC1. The summed E-state index contributed by atoms with van der Waals surface area (Å²) in [5.41, 5.74) is 0. The summed E-state index contributed by atoms with van der Waals surface area (Å²) in [6, 6.07) is 10.8. The number of amides is 1. The van der Waals surface area contributed by atoms with Crippen LogP contribution in [0.2, 0.25) is 0 Å². The van der Waals surface area contributed by atoms with E-state index in [0.29, 0.717) is 6.04 Å². The van der Waals surface area contributed by atoms with Crippen molar-refractivity contribution in [2.24, 2.45) is 4.99 Å². The number of thioether (sulfide) groups is 2. The maximum Gasteiger partial charge on any atom is 0.243 e. The minimum absolute atomic E-state index is 0.0118. The second-order valence-electron chi connectivity index (χ2n) is 6.10. The predicted octanol–water partition coefficient (Wildman–Crippen LogP) is 2.30. The van der Waals surface area contributed by atoms with Crippen LogP contribution in [0.5, 0.6) is 0 Å². The Bertz CT molecular complexity index is 545. The van der Waals surface area contributed by atoms with E-state index in [9.17, 15) is 4.79 Å². The van der Waals surface area contributed by atoms with Crippen LogP contribution in [-0.2, 0) is 4.79 Å². The van der Waals surface area contributed by atoms with E-state index in [2.05, 4.69) is 39.9 Å². The number of likely N-dealkylation sites (N-methyl/N-ethyl adjacent to an activating group) is 1. The molecule has 0 aromatic heterocycles. The highest BCUT2D eigenvalue weighted by molar-refractivity contribution is 7.99. The summed E-state index contributed by atoms with van der Waals surface area (Å²) in [5, 5.41) is 6.86. The normalized spacial score (nSPS) is 17.8. The molecule has 0 saturated carbocycles. The summed E-state index contributed by atoms with van der Waals surface area (Å²) in [4.78, 5) is 19.1. The number of nitrogens with zero attached hydrogens (tertiary/aromatic N) is 2. The van der Waals surface area contributed by atoms with Crippen LogP contribution in [0.3, 0.4) is 0 Å². The van der Waals surface area contributed by atoms with E-state index in [1.54, 1.807) is 19.0 Å². The van der Waals surface area contributed by atoms with Crippen molar-refractivity contribution in [2.75, 3.05) is 44.4 Å². The van der Waals surface area contributed by atoms with Crippen LogP contribution in [0.25, 0.3) is 0 Å². The molecule has 1 unspecified atom stereocenters. The largest absolute Gasteiger partial charge is 0.356 e. The van der Waals surface area contributed by atoms with Gasteiger partial charge in [0.25, 0.3) is 0 Å². The minimum Gasteiger partial charge on any atom is -0.356 e. The van der Waals surface area contributed by atoms with E-state index in [4.69, 9.17) is 0 Å². The first-order valence-corrected chi connectivity index (χ1v) is 10.8. The quantitative estimate of drug-likeness (QED) is 0.329. The molecule has 0 radical (unpaired) electrons. The number of benzene rings is 1. The van der Waals surface area contributed by atoms with Crippen LogP contribution < -0.4 is 10.6 Å². The summed E-state index contributed by atoms with van der Waals surface area (Å²) >= 11 is 3.79. The van der Waals surface area contributed by atoms with E-state index in [1.165, 1.54) is 17.1 Å². The lowest BCUT2D eigenvalue weighted by Gasteiger charge is -2.25. The van der Waals surface area contributed by atoms with Gasteiger partial charge in [-0.15, -0.1) is 11.8 Å². The third-order valence-electron chi connectivity index (χ3n) is 3.78. The van der Waals surface area contributed by atoms with Gasteiger partial charge in [0.15, 0.2) is 5.96 Å². The van der Waals surface area contributed by atoms with Crippen LogP contribution in [0.15, 0.2) is 40.2 Å². The average Bonchev–Trinajstić information content (AvgIpc) is 2.64. The molecule has 0 spiro atoms. The zero-order valence-electron chi connectivity index (χ0n) is 15.0. The molecule has 1 aliphatic heterocycles. The number of nitrogens with one attached hydrogen (secondary N) is 2. The fraction of sp³-hybridized carbons (Fsp3) is 0.556. The lowest BCUT2D eigenvalue weighted by atomic mass is 10.2. The Morgan fingerprint density at radius 2 is 2.16 bits per heavy atom. The predicted molar refractivity (Wildman–Crippen MR) is 110 cm³/mol. The number of carbonyl (C=O) groups excluding carboxylic acids is 1. The van der Waals surface area contributed by atoms with Crippen LogP contribution in [0.1, 0.15) is 12.8 Å². The fourth-order valence-corrected chi connectivity index (χ4v) is 4.21. The van der Waals surface area contributed by atoms with Gasteiger partial charge in [-0.25, -0.2) is 4.99 Å². The highest BCUT2D eigenvalue weighted by Crippen LogP contribution is 2.17. The second kappa shape index (κ2) is 11.3. The molecule has 25 heavy (non-hydrogen) atoms. The molecule has 1 aliphatic rings. The molecule has 0 bridgehead atoms. The number of aliphatic imine (C=N–C) groups is 1. The Balaban J connectivity index is 1.82. The average molecular weight is 381 g/mol. The number of rotatable bonds is 7. The van der Waals surface area contributed by atoms with Crippen molar-refractivity contribution >= 4 is 35.4 Å². The van der Waals surface area contributed by atoms with E-state index < -0.39 is 0 Å². The topological polar surface area (TPSA) is 56.7 Å². The van der Waals surface area contributed by atoms with E-state index in [-0.39, 0.29) is 12.5 Å². The molecule has 1 aromatic carbocycles. The van der Waals surface area contributed by atoms with Gasteiger partial charge >= 0.3 is 0 Å². The standard InChI is InChI=1S/C18H28N4OS2/c1-22(2)17(23)13-20-18(21-15-7-6-11-24-14-15)19-10-12-25-16-8-4-3-5-9-16/h3-5,8-9,15H,6-7,10-14H2,1-2H3,(H2,19,20,21). The molecule has 0 aliphatic carbocycles. The first kappa shape index (κ1) is 20.0. The number of hydrogen-bond acceptors (Lipinski definition) is 4. The molecule has 1 amide bonds. The van der Waals surface area contributed by atoms with Gasteiger partial charge in [0.1, 0.15) is 6.54 Å². The highest BCUT2D eigenvalue weighted by atomic mass is 32.2. The Morgan fingerprint density at radius 1 is 1.36 bits per heavy atom. The van der Waals surface area contributed by atoms with Gasteiger partial charge in [0.2, 0.25) is 5.91 Å². The lowest BCUT2D eigenvalue weighted by molar-refractivity contribution is -0.127. The lowest BCUT2D eigenvalue weighted by Crippen LogP contribution is -2.46. The summed E-state index contributed by atoms with van der Waals surface area (Å²) in [7, 11) is 3.51. The molecule has 1 aromatic rings. The van der Waals surface area contributed by atoms with Crippen LogP contribution >= 0.6 is 23.5 Å². The van der Waals surface area contributed by atoms with Gasteiger partial charge < -0.3 is 15.5 Å². The Hall–Kier alpha value is -1.34. The second-order valence-corrected chi connectivity index (χ2v) is 8.42. The Labute approximate surface area is 159 Å². The zero-order chi connectivity index (χ0) is 17.9. The minimum atomic E-state index is 0.0118. The third-order valence-corrected chi connectivity index (χ3v) is 6.01. The van der Waals surface area contributed by atoms with Crippen molar-refractivity contribution in [3.05, 3.63) is 30.3 Å². The highest BCUT2D eigenvalue weighted by Gasteiger charge is 2.15. The van der Waals surface area contributed by atoms with Crippen molar-refractivity contribution in [2.45, 2.75) is 23.8 Å². The van der Waals surface area contributed by atoms with Crippen molar-refractivity contribution in [1.82, 2.24) is 15.5 Å². The van der Waals surface area contributed by atoms with Gasteiger partial charge in [-0.2, -0.15) is 11.8 Å². The Kier molecular flexibility index (Phi) is 9.04. The molecule has 1 atom stereocenters. The van der Waals surface area contributed by atoms with Crippen LogP contribution in [0, 0.1) is 0 Å². The first-order chi connectivity index (χ1) is 12.1. The van der Waals surface area contributed by atoms with Crippen molar-refractivity contribution in [1.29, 1.82) is 0 Å². The van der Waals surface area contributed by atoms with E-state index in [1.807, 2.05) is 29.6 Å². The Morgan fingerprint density at radius 3 is 2.84 bits per heavy atom. The molecule has 5 nitrogen and oxygen atoms in total. The van der Waals surface area contributed by atoms with Gasteiger partial charge in [-0.3, -0.25) is 4.79 Å². The summed E-state index contributed by atoms with van der Waals surface area (Å²) < 4.78 is 0. The molecule has 1 heterocycles. The third kappa shape index (κ3) is 8.05. The number of carbonyl (C=O) groups is 1. The van der Waals surface area contributed by atoms with Crippen molar-refractivity contribution < 1.29 is 4.79 Å². The maximum absolute atomic E-state index is 11.8. The smallest absolute Gasteiger partial charge is 0.243 e. The maximum atomic E-state index is 11.8. The van der Waals surface area contributed by atoms with E-state index >= 15 is 0 Å². The van der Waals surface area contributed by atoms with Crippen molar-refractivity contribution in [3.63, 3.8) is 0 Å². The van der Waals surface area contributed by atoms with Crippen LogP contribution in [-0.4, -0.2) is 67.3 Å². The van der Waals surface area contributed by atoms with Gasteiger partial charge in [-0.1, -0.05) is 18.2 Å². The van der Waals surface area contributed by atoms with Crippen LogP contribution in [0.4, 0.5) is 0 Å².